The maximum absolute atomic E-state index is 11.8. The summed E-state index contributed by atoms with van der Waals surface area (Å²) in [5.74, 6) is 0. The fraction of sp³-hybridized carbons (Fsp3) is 0.533. The first kappa shape index (κ1) is 14.7. The standard InChI is InChI=1S/C15H23N3O2/c1-10-5-6-11(18-14(19)20-15(2,3)4)7-13(10)17-12-8-16-9-12/h5-7,12,16-17H,8-9H2,1-4H3,(H,18,19). The van der Waals surface area contributed by atoms with Gasteiger partial charge in [0, 0.05) is 24.5 Å². The van der Waals surface area contributed by atoms with Crippen molar-refractivity contribution in [3.05, 3.63) is 23.8 Å². The molecule has 5 nitrogen and oxygen atoms in total. The number of amides is 1. The van der Waals surface area contributed by atoms with Gasteiger partial charge in [0.15, 0.2) is 0 Å². The summed E-state index contributed by atoms with van der Waals surface area (Å²) in [4.78, 5) is 11.8. The Morgan fingerprint density at radius 2 is 2.05 bits per heavy atom. The molecule has 0 aliphatic carbocycles. The second-order valence-corrected chi connectivity index (χ2v) is 6.16. The van der Waals surface area contributed by atoms with Gasteiger partial charge in [-0.05, 0) is 45.4 Å². The van der Waals surface area contributed by atoms with Crippen LogP contribution >= 0.6 is 0 Å². The van der Waals surface area contributed by atoms with Crippen LogP contribution in [-0.4, -0.2) is 30.8 Å². The lowest BCUT2D eigenvalue weighted by molar-refractivity contribution is 0.0636. The van der Waals surface area contributed by atoms with Crippen molar-refractivity contribution < 1.29 is 9.53 Å². The van der Waals surface area contributed by atoms with Crippen LogP contribution in [0.4, 0.5) is 16.2 Å². The first-order valence-corrected chi connectivity index (χ1v) is 6.91. The molecule has 0 bridgehead atoms. The Balaban J connectivity index is 2.01. The summed E-state index contributed by atoms with van der Waals surface area (Å²) in [5, 5.41) is 9.43. The smallest absolute Gasteiger partial charge is 0.412 e. The summed E-state index contributed by atoms with van der Waals surface area (Å²) in [6, 6.07) is 6.27. The third-order valence-corrected chi connectivity index (χ3v) is 3.02. The third kappa shape index (κ3) is 4.13. The zero-order valence-corrected chi connectivity index (χ0v) is 12.5. The van der Waals surface area contributed by atoms with Crippen molar-refractivity contribution in [1.82, 2.24) is 5.32 Å². The van der Waals surface area contributed by atoms with Crippen LogP contribution in [0, 0.1) is 6.92 Å². The van der Waals surface area contributed by atoms with Gasteiger partial charge in [-0.15, -0.1) is 0 Å². The molecule has 1 heterocycles. The monoisotopic (exact) mass is 277 g/mol. The van der Waals surface area contributed by atoms with Crippen molar-refractivity contribution >= 4 is 17.5 Å². The minimum absolute atomic E-state index is 0.433. The largest absolute Gasteiger partial charge is 0.444 e. The molecule has 1 aromatic rings. The lowest BCUT2D eigenvalue weighted by atomic mass is 10.1. The van der Waals surface area contributed by atoms with Crippen LogP contribution in [0.3, 0.4) is 0 Å². The summed E-state index contributed by atoms with van der Waals surface area (Å²) < 4.78 is 5.24. The predicted molar refractivity (Wildman–Crippen MR) is 81.3 cm³/mol. The van der Waals surface area contributed by atoms with Crippen LogP contribution in [-0.2, 0) is 4.74 Å². The Morgan fingerprint density at radius 1 is 1.35 bits per heavy atom. The highest BCUT2D eigenvalue weighted by Crippen LogP contribution is 2.22. The number of anilines is 2. The molecule has 0 atom stereocenters. The van der Waals surface area contributed by atoms with E-state index in [1.165, 1.54) is 0 Å². The molecule has 1 aliphatic heterocycles. The van der Waals surface area contributed by atoms with E-state index in [0.717, 1.165) is 30.0 Å². The zero-order chi connectivity index (χ0) is 14.8. The number of carbonyl (C=O) groups excluding carboxylic acids is 1. The number of nitrogens with one attached hydrogen (secondary N) is 3. The van der Waals surface area contributed by atoms with Gasteiger partial charge in [-0.1, -0.05) is 6.07 Å². The second-order valence-electron chi connectivity index (χ2n) is 6.16. The molecule has 1 aromatic carbocycles. The normalized spacial score (nSPS) is 15.4. The van der Waals surface area contributed by atoms with E-state index in [2.05, 4.69) is 16.0 Å². The Morgan fingerprint density at radius 3 is 2.60 bits per heavy atom. The summed E-state index contributed by atoms with van der Waals surface area (Å²) in [6.45, 7) is 9.53. The van der Waals surface area contributed by atoms with Gasteiger partial charge in [-0.2, -0.15) is 0 Å². The number of hydrogen-bond acceptors (Lipinski definition) is 4. The van der Waals surface area contributed by atoms with Crippen molar-refractivity contribution in [2.75, 3.05) is 23.7 Å². The van der Waals surface area contributed by atoms with E-state index in [4.69, 9.17) is 4.74 Å². The quantitative estimate of drug-likeness (QED) is 0.795. The summed E-state index contributed by atoms with van der Waals surface area (Å²) in [5.41, 5.74) is 2.45. The minimum atomic E-state index is -0.493. The molecule has 1 fully saturated rings. The van der Waals surface area contributed by atoms with Gasteiger partial charge in [0.25, 0.3) is 0 Å². The Hall–Kier alpha value is -1.75. The first-order valence-electron chi connectivity index (χ1n) is 6.91. The third-order valence-electron chi connectivity index (χ3n) is 3.02. The van der Waals surface area contributed by atoms with Crippen molar-refractivity contribution in [3.8, 4) is 0 Å². The highest BCUT2D eigenvalue weighted by molar-refractivity contribution is 5.86. The van der Waals surface area contributed by atoms with Gasteiger partial charge in [-0.3, -0.25) is 5.32 Å². The van der Waals surface area contributed by atoms with Crippen LogP contribution in [0.2, 0.25) is 0 Å². The maximum Gasteiger partial charge on any atom is 0.412 e. The molecule has 1 aliphatic rings. The fourth-order valence-electron chi connectivity index (χ4n) is 1.89. The molecule has 0 spiro atoms. The molecule has 1 saturated heterocycles. The number of aryl methyl sites for hydroxylation is 1. The number of carbonyl (C=O) groups is 1. The van der Waals surface area contributed by atoms with Gasteiger partial charge in [0.1, 0.15) is 5.60 Å². The van der Waals surface area contributed by atoms with Gasteiger partial charge in [0.05, 0.1) is 6.04 Å². The molecular formula is C15H23N3O2. The SMILES string of the molecule is Cc1ccc(NC(=O)OC(C)(C)C)cc1NC1CNC1. The second kappa shape index (κ2) is 5.71. The highest BCUT2D eigenvalue weighted by atomic mass is 16.6. The lowest BCUT2D eigenvalue weighted by Gasteiger charge is -2.29. The Kier molecular flexibility index (Phi) is 4.18. The molecule has 0 unspecified atom stereocenters. The summed E-state index contributed by atoms with van der Waals surface area (Å²) >= 11 is 0. The van der Waals surface area contributed by atoms with E-state index >= 15 is 0 Å². The van der Waals surface area contributed by atoms with Crippen molar-refractivity contribution in [1.29, 1.82) is 0 Å². The van der Waals surface area contributed by atoms with E-state index < -0.39 is 11.7 Å². The molecule has 110 valence electrons. The van der Waals surface area contributed by atoms with Crippen molar-refractivity contribution in [3.63, 3.8) is 0 Å². The molecule has 3 N–H and O–H groups in total. The van der Waals surface area contributed by atoms with E-state index in [1.54, 1.807) is 0 Å². The highest BCUT2D eigenvalue weighted by Gasteiger charge is 2.18. The maximum atomic E-state index is 11.8. The van der Waals surface area contributed by atoms with E-state index in [0.29, 0.717) is 6.04 Å². The molecule has 5 heteroatoms. The topological polar surface area (TPSA) is 62.4 Å². The lowest BCUT2D eigenvalue weighted by Crippen LogP contribution is -2.51. The number of hydrogen-bond donors (Lipinski definition) is 3. The van der Waals surface area contributed by atoms with Crippen LogP contribution in [0.15, 0.2) is 18.2 Å². The molecule has 0 radical (unpaired) electrons. The van der Waals surface area contributed by atoms with Crippen LogP contribution in [0.5, 0.6) is 0 Å². The van der Waals surface area contributed by atoms with Crippen LogP contribution in [0.1, 0.15) is 26.3 Å². The molecule has 20 heavy (non-hydrogen) atoms. The predicted octanol–water partition coefficient (Wildman–Crippen LogP) is 2.73. The molecule has 0 saturated carbocycles. The molecular weight excluding hydrogens is 254 g/mol. The number of ether oxygens (including phenoxy) is 1. The van der Waals surface area contributed by atoms with E-state index in [-0.39, 0.29) is 0 Å². The Labute approximate surface area is 120 Å². The molecule has 0 aromatic heterocycles. The van der Waals surface area contributed by atoms with Crippen molar-refractivity contribution in [2.45, 2.75) is 39.3 Å². The van der Waals surface area contributed by atoms with Gasteiger partial charge >= 0.3 is 6.09 Å². The fourth-order valence-corrected chi connectivity index (χ4v) is 1.89. The van der Waals surface area contributed by atoms with E-state index in [9.17, 15) is 4.79 Å². The van der Waals surface area contributed by atoms with Crippen LogP contribution < -0.4 is 16.0 Å². The van der Waals surface area contributed by atoms with Crippen molar-refractivity contribution in [2.24, 2.45) is 0 Å². The minimum Gasteiger partial charge on any atom is -0.444 e. The number of benzene rings is 1. The average molecular weight is 277 g/mol. The summed E-state index contributed by atoms with van der Waals surface area (Å²) in [6.07, 6.45) is -0.433. The van der Waals surface area contributed by atoms with Gasteiger partial charge in [0.2, 0.25) is 0 Å². The first-order chi connectivity index (χ1) is 9.33. The van der Waals surface area contributed by atoms with Crippen LogP contribution in [0.25, 0.3) is 0 Å². The zero-order valence-electron chi connectivity index (χ0n) is 12.5. The Bertz CT molecular complexity index is 490. The summed E-state index contributed by atoms with van der Waals surface area (Å²) in [7, 11) is 0. The van der Waals surface area contributed by atoms with Gasteiger partial charge < -0.3 is 15.4 Å². The van der Waals surface area contributed by atoms with Gasteiger partial charge in [-0.25, -0.2) is 4.79 Å². The molecule has 1 amide bonds. The molecule has 2 rings (SSSR count). The average Bonchev–Trinajstić information content (AvgIpc) is 2.24. The van der Waals surface area contributed by atoms with E-state index in [1.807, 2.05) is 45.9 Å². The number of rotatable bonds is 3.